The predicted molar refractivity (Wildman–Crippen MR) is 72.8 cm³/mol. The van der Waals surface area contributed by atoms with Gasteiger partial charge in [0.25, 0.3) is 0 Å². The van der Waals surface area contributed by atoms with E-state index in [1.165, 1.54) is 11.1 Å². The summed E-state index contributed by atoms with van der Waals surface area (Å²) in [7, 11) is 0. The third-order valence-corrected chi connectivity index (χ3v) is 2.90. The average molecular weight is 244 g/mol. The maximum absolute atomic E-state index is 5.48. The summed E-state index contributed by atoms with van der Waals surface area (Å²) in [5, 5.41) is 8.38. The highest BCUT2D eigenvalue weighted by Gasteiger charge is 2.03. The zero-order valence-electron chi connectivity index (χ0n) is 11.1. The van der Waals surface area contributed by atoms with Crippen LogP contribution in [0.15, 0.2) is 24.4 Å². The topological polar surface area (TPSA) is 56.7 Å². The van der Waals surface area contributed by atoms with Crippen LogP contribution in [-0.4, -0.2) is 21.5 Å². The van der Waals surface area contributed by atoms with Gasteiger partial charge in [-0.05, 0) is 62.9 Å². The number of hydrogen-bond donors (Lipinski definition) is 1. The monoisotopic (exact) mass is 244 g/mol. The molecule has 4 nitrogen and oxygen atoms in total. The number of aromatic nitrogens is 3. The minimum atomic E-state index is 0.741. The van der Waals surface area contributed by atoms with Crippen LogP contribution in [-0.2, 0) is 6.42 Å². The molecule has 2 aromatic rings. The molecular formula is C14H20N4. The van der Waals surface area contributed by atoms with E-state index < -0.39 is 0 Å². The Morgan fingerprint density at radius 3 is 2.50 bits per heavy atom. The fourth-order valence-electron chi connectivity index (χ4n) is 2.07. The Labute approximate surface area is 108 Å². The standard InChI is InChI=1S/C14H20N4/c1-11-7-12(2)9-14(8-11)18-10-13(16-17-18)5-3-4-6-15/h7-10H,3-6,15H2,1-2H3. The first-order chi connectivity index (χ1) is 8.69. The van der Waals surface area contributed by atoms with E-state index in [4.69, 9.17) is 5.73 Å². The van der Waals surface area contributed by atoms with Crippen LogP contribution in [0, 0.1) is 13.8 Å². The minimum Gasteiger partial charge on any atom is -0.330 e. The fourth-order valence-corrected chi connectivity index (χ4v) is 2.07. The molecule has 2 N–H and O–H groups in total. The van der Waals surface area contributed by atoms with Crippen LogP contribution in [0.25, 0.3) is 5.69 Å². The SMILES string of the molecule is Cc1cc(C)cc(-n2cc(CCCCN)nn2)c1. The quantitative estimate of drug-likeness (QED) is 0.820. The first-order valence-corrected chi connectivity index (χ1v) is 6.39. The number of nitrogens with zero attached hydrogens (tertiary/aromatic N) is 3. The first kappa shape index (κ1) is 12.8. The average Bonchev–Trinajstić information content (AvgIpc) is 2.77. The summed E-state index contributed by atoms with van der Waals surface area (Å²) >= 11 is 0. The van der Waals surface area contributed by atoms with Gasteiger partial charge < -0.3 is 5.73 Å². The van der Waals surface area contributed by atoms with E-state index in [1.807, 2.05) is 10.9 Å². The van der Waals surface area contributed by atoms with Crippen LogP contribution >= 0.6 is 0 Å². The molecule has 0 spiro atoms. The lowest BCUT2D eigenvalue weighted by Gasteiger charge is -2.03. The highest BCUT2D eigenvalue weighted by Crippen LogP contribution is 2.13. The second kappa shape index (κ2) is 5.78. The molecule has 2 rings (SSSR count). The zero-order valence-corrected chi connectivity index (χ0v) is 11.1. The van der Waals surface area contributed by atoms with Crippen molar-refractivity contribution in [2.24, 2.45) is 5.73 Å². The number of unbranched alkanes of at least 4 members (excludes halogenated alkanes) is 1. The molecule has 96 valence electrons. The summed E-state index contributed by atoms with van der Waals surface area (Å²) < 4.78 is 1.85. The number of rotatable bonds is 5. The summed E-state index contributed by atoms with van der Waals surface area (Å²) in [5.74, 6) is 0. The Hall–Kier alpha value is -1.68. The Morgan fingerprint density at radius 1 is 1.11 bits per heavy atom. The smallest absolute Gasteiger partial charge is 0.0831 e. The molecule has 18 heavy (non-hydrogen) atoms. The molecule has 1 aromatic carbocycles. The number of aryl methyl sites for hydroxylation is 3. The third kappa shape index (κ3) is 3.17. The number of benzene rings is 1. The minimum absolute atomic E-state index is 0.741. The summed E-state index contributed by atoms with van der Waals surface area (Å²) in [6.45, 7) is 4.93. The summed E-state index contributed by atoms with van der Waals surface area (Å²) in [6, 6.07) is 6.39. The van der Waals surface area contributed by atoms with E-state index in [1.54, 1.807) is 0 Å². The van der Waals surface area contributed by atoms with Crippen molar-refractivity contribution in [3.8, 4) is 5.69 Å². The van der Waals surface area contributed by atoms with Crippen molar-refractivity contribution in [1.82, 2.24) is 15.0 Å². The van der Waals surface area contributed by atoms with E-state index in [-0.39, 0.29) is 0 Å². The van der Waals surface area contributed by atoms with Crippen molar-refractivity contribution in [2.75, 3.05) is 6.54 Å². The van der Waals surface area contributed by atoms with Gasteiger partial charge in [0.05, 0.1) is 17.6 Å². The molecule has 0 aliphatic rings. The van der Waals surface area contributed by atoms with Crippen molar-refractivity contribution in [3.05, 3.63) is 41.2 Å². The predicted octanol–water partition coefficient (Wildman–Crippen LogP) is 2.17. The zero-order chi connectivity index (χ0) is 13.0. The van der Waals surface area contributed by atoms with E-state index in [0.717, 1.165) is 37.2 Å². The second-order valence-corrected chi connectivity index (χ2v) is 4.75. The van der Waals surface area contributed by atoms with Crippen LogP contribution in [0.4, 0.5) is 0 Å². The lowest BCUT2D eigenvalue weighted by molar-refractivity contribution is 0.727. The molecule has 0 unspecified atom stereocenters. The molecule has 0 saturated heterocycles. The van der Waals surface area contributed by atoms with Crippen molar-refractivity contribution < 1.29 is 0 Å². The Bertz CT molecular complexity index is 496. The highest BCUT2D eigenvalue weighted by atomic mass is 15.4. The van der Waals surface area contributed by atoms with Gasteiger partial charge in [0.15, 0.2) is 0 Å². The Balaban J connectivity index is 2.13. The first-order valence-electron chi connectivity index (χ1n) is 6.39. The van der Waals surface area contributed by atoms with Crippen molar-refractivity contribution >= 4 is 0 Å². The molecule has 1 heterocycles. The largest absolute Gasteiger partial charge is 0.330 e. The van der Waals surface area contributed by atoms with Crippen molar-refractivity contribution in [3.63, 3.8) is 0 Å². The molecular weight excluding hydrogens is 224 g/mol. The summed E-state index contributed by atoms with van der Waals surface area (Å²) in [4.78, 5) is 0. The highest BCUT2D eigenvalue weighted by molar-refractivity contribution is 5.38. The second-order valence-electron chi connectivity index (χ2n) is 4.75. The van der Waals surface area contributed by atoms with E-state index >= 15 is 0 Å². The molecule has 0 atom stereocenters. The van der Waals surface area contributed by atoms with Crippen LogP contribution < -0.4 is 5.73 Å². The van der Waals surface area contributed by atoms with Crippen molar-refractivity contribution in [1.29, 1.82) is 0 Å². The van der Waals surface area contributed by atoms with E-state index in [0.29, 0.717) is 0 Å². The van der Waals surface area contributed by atoms with E-state index in [9.17, 15) is 0 Å². The van der Waals surface area contributed by atoms with Gasteiger partial charge in [0.2, 0.25) is 0 Å². The van der Waals surface area contributed by atoms with Gasteiger partial charge in [-0.3, -0.25) is 0 Å². The fraction of sp³-hybridized carbons (Fsp3) is 0.429. The molecule has 0 aliphatic carbocycles. The number of hydrogen-bond acceptors (Lipinski definition) is 3. The Morgan fingerprint density at radius 2 is 1.83 bits per heavy atom. The summed E-state index contributed by atoms with van der Waals surface area (Å²) in [5.41, 5.74) is 10.1. The molecule has 0 bridgehead atoms. The lowest BCUT2D eigenvalue weighted by atomic mass is 10.1. The molecule has 1 aromatic heterocycles. The van der Waals surface area contributed by atoms with Crippen LogP contribution in [0.2, 0.25) is 0 Å². The lowest BCUT2D eigenvalue weighted by Crippen LogP contribution is -1.99. The third-order valence-electron chi connectivity index (χ3n) is 2.90. The van der Waals surface area contributed by atoms with Gasteiger partial charge >= 0.3 is 0 Å². The molecule has 0 radical (unpaired) electrons. The molecule has 4 heteroatoms. The van der Waals surface area contributed by atoms with Crippen LogP contribution in [0.1, 0.15) is 29.7 Å². The molecule has 0 fully saturated rings. The van der Waals surface area contributed by atoms with Gasteiger partial charge in [-0.1, -0.05) is 11.3 Å². The van der Waals surface area contributed by atoms with Gasteiger partial charge in [0.1, 0.15) is 0 Å². The summed E-state index contributed by atoms with van der Waals surface area (Å²) in [6.07, 6.45) is 5.06. The Kier molecular flexibility index (Phi) is 4.10. The maximum atomic E-state index is 5.48. The van der Waals surface area contributed by atoms with Crippen LogP contribution in [0.5, 0.6) is 0 Å². The number of nitrogens with two attached hydrogens (primary N) is 1. The van der Waals surface area contributed by atoms with Crippen molar-refractivity contribution in [2.45, 2.75) is 33.1 Å². The normalized spacial score (nSPS) is 10.8. The van der Waals surface area contributed by atoms with E-state index in [2.05, 4.69) is 42.4 Å². The molecule has 0 aliphatic heterocycles. The van der Waals surface area contributed by atoms with Gasteiger partial charge in [-0.25, -0.2) is 4.68 Å². The van der Waals surface area contributed by atoms with Gasteiger partial charge in [-0.15, -0.1) is 5.10 Å². The molecule has 0 saturated carbocycles. The van der Waals surface area contributed by atoms with Gasteiger partial charge in [-0.2, -0.15) is 0 Å². The van der Waals surface area contributed by atoms with Crippen LogP contribution in [0.3, 0.4) is 0 Å². The maximum Gasteiger partial charge on any atom is 0.0831 e. The van der Waals surface area contributed by atoms with Gasteiger partial charge in [0, 0.05) is 0 Å². The molecule has 0 amide bonds.